The molecule has 1 N–H and O–H groups in total. The Kier molecular flexibility index (Phi) is 8.19. The van der Waals surface area contributed by atoms with Crippen molar-refractivity contribution in [1.82, 2.24) is 19.6 Å². The van der Waals surface area contributed by atoms with Gasteiger partial charge in [-0.15, -0.1) is 36.6 Å². The molecule has 28 heavy (non-hydrogen) atoms. The van der Waals surface area contributed by atoms with E-state index in [4.69, 9.17) is 0 Å². The molecule has 8 heteroatoms. The smallest absolute Gasteiger partial charge is 0.254 e. The maximum Gasteiger partial charge on any atom is 0.254 e. The lowest BCUT2D eigenvalue weighted by Gasteiger charge is -2.34. The molecule has 0 bridgehead atoms. The van der Waals surface area contributed by atoms with Gasteiger partial charge in [-0.05, 0) is 43.3 Å². The molecule has 1 aliphatic rings. The minimum Gasteiger partial charge on any atom is -0.333 e. The predicted molar refractivity (Wildman–Crippen MR) is 119 cm³/mol. The van der Waals surface area contributed by atoms with Crippen LogP contribution in [-0.4, -0.2) is 45.9 Å². The van der Waals surface area contributed by atoms with Crippen molar-refractivity contribution in [2.24, 2.45) is 0 Å². The minimum absolute atomic E-state index is 0. The van der Waals surface area contributed by atoms with Gasteiger partial charge in [0.15, 0.2) is 0 Å². The van der Waals surface area contributed by atoms with Crippen LogP contribution in [0.3, 0.4) is 0 Å². The topological polar surface area (TPSA) is 49.6 Å². The Hall–Kier alpha value is -1.73. The average molecular weight is 439 g/mol. The van der Waals surface area contributed by atoms with Crippen LogP contribution in [0.5, 0.6) is 0 Å². The highest BCUT2D eigenvalue weighted by atomic mass is 35.5. The summed E-state index contributed by atoms with van der Waals surface area (Å²) in [4.78, 5) is 20.4. The number of amides is 1. The lowest BCUT2D eigenvalue weighted by molar-refractivity contribution is 0.0655. The Bertz CT molecular complexity index is 883. The van der Waals surface area contributed by atoms with Gasteiger partial charge in [-0.2, -0.15) is 0 Å². The zero-order chi connectivity index (χ0) is 17.9. The van der Waals surface area contributed by atoms with Crippen LogP contribution in [0.1, 0.15) is 23.0 Å². The van der Waals surface area contributed by atoms with Crippen molar-refractivity contribution >= 4 is 48.1 Å². The molecule has 1 saturated heterocycles. The fraction of sp³-hybridized carbons (Fsp3) is 0.300. The molecule has 1 fully saturated rings. The zero-order valence-electron chi connectivity index (χ0n) is 15.6. The summed E-state index contributed by atoms with van der Waals surface area (Å²) in [5.74, 6) is 0.931. The SMILES string of the molecule is C[C@@H]1CNCCN1C(=O)c1ccc(SCc2cn3ccccc3n2)cc1.Cl.Cl. The van der Waals surface area contributed by atoms with Gasteiger partial charge < -0.3 is 14.6 Å². The molecule has 1 amide bonds. The quantitative estimate of drug-likeness (QED) is 0.627. The van der Waals surface area contributed by atoms with Crippen LogP contribution in [0.4, 0.5) is 0 Å². The summed E-state index contributed by atoms with van der Waals surface area (Å²) in [6, 6.07) is 14.2. The monoisotopic (exact) mass is 438 g/mol. The van der Waals surface area contributed by atoms with Crippen molar-refractivity contribution in [3.8, 4) is 0 Å². The first-order chi connectivity index (χ1) is 12.7. The predicted octanol–water partition coefficient (Wildman–Crippen LogP) is 3.90. The summed E-state index contributed by atoms with van der Waals surface area (Å²) in [7, 11) is 0. The van der Waals surface area contributed by atoms with Gasteiger partial charge in [0.05, 0.1) is 5.69 Å². The Labute approximate surface area is 181 Å². The molecule has 5 nitrogen and oxygen atoms in total. The van der Waals surface area contributed by atoms with Crippen molar-refractivity contribution < 1.29 is 4.79 Å². The van der Waals surface area contributed by atoms with E-state index in [0.717, 1.165) is 47.2 Å². The Morgan fingerprint density at radius 3 is 2.71 bits per heavy atom. The van der Waals surface area contributed by atoms with Crippen LogP contribution < -0.4 is 5.32 Å². The Morgan fingerprint density at radius 1 is 1.21 bits per heavy atom. The van der Waals surface area contributed by atoms with Gasteiger partial charge in [-0.25, -0.2) is 4.98 Å². The largest absolute Gasteiger partial charge is 0.333 e. The van der Waals surface area contributed by atoms with Gasteiger partial charge in [0.2, 0.25) is 0 Å². The number of fused-ring (bicyclic) bond motifs is 1. The summed E-state index contributed by atoms with van der Waals surface area (Å²) >= 11 is 1.73. The summed E-state index contributed by atoms with van der Waals surface area (Å²) in [5.41, 5.74) is 2.78. The standard InChI is InChI=1S/C20H22N4OS.2ClH/c1-15-12-21-9-11-24(15)20(25)16-5-7-18(8-6-16)26-14-17-13-23-10-3-2-4-19(23)22-17;;/h2-8,10,13,15,21H,9,11-12,14H2,1H3;2*1H/t15-;;/m1../s1. The molecule has 0 unspecified atom stereocenters. The van der Waals surface area contributed by atoms with Crippen molar-refractivity contribution in [3.63, 3.8) is 0 Å². The van der Waals surface area contributed by atoms with Gasteiger partial charge in [0.25, 0.3) is 5.91 Å². The molecule has 150 valence electrons. The third kappa shape index (κ3) is 5.00. The van der Waals surface area contributed by atoms with Crippen LogP contribution in [0.25, 0.3) is 5.65 Å². The second kappa shape index (κ2) is 10.2. The first-order valence-corrected chi connectivity index (χ1v) is 9.86. The molecule has 1 aliphatic heterocycles. The molecule has 4 rings (SSSR count). The van der Waals surface area contributed by atoms with E-state index in [0.29, 0.717) is 0 Å². The number of rotatable bonds is 4. The van der Waals surface area contributed by atoms with Gasteiger partial charge in [0.1, 0.15) is 5.65 Å². The normalized spacial score (nSPS) is 16.3. The fourth-order valence-electron chi connectivity index (χ4n) is 3.22. The maximum absolute atomic E-state index is 12.7. The number of piperazine rings is 1. The summed E-state index contributed by atoms with van der Waals surface area (Å²) in [5, 5.41) is 3.32. The van der Waals surface area contributed by atoms with Gasteiger partial charge in [-0.3, -0.25) is 4.79 Å². The number of imidazole rings is 1. The number of benzene rings is 1. The second-order valence-electron chi connectivity index (χ2n) is 6.56. The van der Waals surface area contributed by atoms with E-state index in [1.807, 2.05) is 58.0 Å². The summed E-state index contributed by atoms with van der Waals surface area (Å²) in [6.07, 6.45) is 4.07. The minimum atomic E-state index is 0. The number of aromatic nitrogens is 2. The number of pyridine rings is 1. The van der Waals surface area contributed by atoms with Crippen LogP contribution in [0, 0.1) is 0 Å². The van der Waals surface area contributed by atoms with E-state index in [9.17, 15) is 4.79 Å². The highest BCUT2D eigenvalue weighted by Crippen LogP contribution is 2.23. The molecule has 1 aromatic carbocycles. The molecule has 0 saturated carbocycles. The number of thioether (sulfide) groups is 1. The lowest BCUT2D eigenvalue weighted by Crippen LogP contribution is -2.52. The molecule has 1 atom stereocenters. The first kappa shape index (κ1) is 22.6. The molecule has 0 spiro atoms. The van der Waals surface area contributed by atoms with Gasteiger partial charge in [-0.1, -0.05) is 6.07 Å². The molecule has 3 aromatic rings. The second-order valence-corrected chi connectivity index (χ2v) is 7.61. The lowest BCUT2D eigenvalue weighted by atomic mass is 10.1. The van der Waals surface area contributed by atoms with E-state index >= 15 is 0 Å². The number of hydrogen-bond donors (Lipinski definition) is 1. The number of carbonyl (C=O) groups is 1. The van der Waals surface area contributed by atoms with Crippen molar-refractivity contribution in [2.45, 2.75) is 23.6 Å². The number of carbonyl (C=O) groups excluding carboxylic acids is 1. The first-order valence-electron chi connectivity index (χ1n) is 8.88. The maximum atomic E-state index is 12.7. The van der Waals surface area contributed by atoms with Crippen molar-refractivity contribution in [1.29, 1.82) is 0 Å². The van der Waals surface area contributed by atoms with E-state index in [-0.39, 0.29) is 36.8 Å². The highest BCUT2D eigenvalue weighted by molar-refractivity contribution is 7.98. The highest BCUT2D eigenvalue weighted by Gasteiger charge is 2.23. The number of nitrogens with one attached hydrogen (secondary N) is 1. The Balaban J connectivity index is 0.00000140. The third-order valence-electron chi connectivity index (χ3n) is 4.66. The summed E-state index contributed by atoms with van der Waals surface area (Å²) < 4.78 is 2.03. The van der Waals surface area contributed by atoms with E-state index < -0.39 is 0 Å². The average Bonchev–Trinajstić information content (AvgIpc) is 3.10. The molecule has 0 aliphatic carbocycles. The molecular weight excluding hydrogens is 415 g/mol. The van der Waals surface area contributed by atoms with E-state index in [2.05, 4.69) is 23.4 Å². The number of nitrogens with zero attached hydrogens (tertiary/aromatic N) is 3. The number of hydrogen-bond acceptors (Lipinski definition) is 4. The van der Waals surface area contributed by atoms with E-state index in [1.54, 1.807) is 11.8 Å². The van der Waals surface area contributed by atoms with Crippen LogP contribution in [0.15, 0.2) is 59.8 Å². The van der Waals surface area contributed by atoms with E-state index in [1.165, 1.54) is 0 Å². The zero-order valence-corrected chi connectivity index (χ0v) is 18.0. The van der Waals surface area contributed by atoms with Crippen molar-refractivity contribution in [2.75, 3.05) is 19.6 Å². The molecule has 0 radical (unpaired) electrons. The summed E-state index contributed by atoms with van der Waals surface area (Å²) in [6.45, 7) is 4.58. The molecule has 2 aromatic heterocycles. The fourth-order valence-corrected chi connectivity index (χ4v) is 4.00. The van der Waals surface area contributed by atoms with Crippen LogP contribution in [-0.2, 0) is 5.75 Å². The molecule has 3 heterocycles. The van der Waals surface area contributed by atoms with Gasteiger partial charge >= 0.3 is 0 Å². The van der Waals surface area contributed by atoms with Crippen LogP contribution >= 0.6 is 36.6 Å². The van der Waals surface area contributed by atoms with Crippen molar-refractivity contribution in [3.05, 3.63) is 66.1 Å². The number of halogens is 2. The molecular formula is C20H24Cl2N4OS. The van der Waals surface area contributed by atoms with Crippen LogP contribution in [0.2, 0.25) is 0 Å². The van der Waals surface area contributed by atoms with Gasteiger partial charge in [0, 0.05) is 54.3 Å². The Morgan fingerprint density at radius 2 is 2.00 bits per heavy atom. The third-order valence-corrected chi connectivity index (χ3v) is 5.71.